The van der Waals surface area contributed by atoms with Gasteiger partial charge in [0.05, 0.1) is 17.7 Å². The molecule has 270 valence electrons. The zero-order valence-corrected chi connectivity index (χ0v) is 28.6. The van der Waals surface area contributed by atoms with E-state index in [2.05, 4.69) is 20.9 Å². The molecule has 0 unspecified atom stereocenters. The van der Waals surface area contributed by atoms with Crippen LogP contribution >= 0.6 is 11.6 Å². The molecular formula is C35H43ClF3N7O4. The lowest BCUT2D eigenvalue weighted by Gasteiger charge is -2.41. The summed E-state index contributed by atoms with van der Waals surface area (Å²) in [4.78, 5) is 61.1. The van der Waals surface area contributed by atoms with Crippen molar-refractivity contribution in [3.05, 3.63) is 58.6 Å². The minimum atomic E-state index is -4.79. The summed E-state index contributed by atoms with van der Waals surface area (Å²) in [5, 5.41) is 7.51. The highest BCUT2D eigenvalue weighted by molar-refractivity contribution is 6.30. The predicted octanol–water partition coefficient (Wildman–Crippen LogP) is 5.75. The standard InChI is InChI=1S/C35H43ClF3N7O4/c36-24-8-9-29(27(20-24)35(37,38)39)40-33(49)41-30(32(48)45-18-10-25(11-19-45)43-14-4-1-5-15-43)21-31(47)44-16-12-26(13-17-44)46-22-23-6-2-3-7-28(23)42-34(46)50/h2-3,6-9,20,25-26,30H,1,4-5,10-19,21-22H2,(H,42,50)(H2,40,41,49)/t30-/m0/s1. The molecule has 4 heterocycles. The molecule has 2 aromatic carbocycles. The Morgan fingerprint density at radius 2 is 1.54 bits per heavy atom. The number of nitrogens with zero attached hydrogens (tertiary/aromatic N) is 4. The molecule has 4 aliphatic rings. The lowest BCUT2D eigenvalue weighted by Crippen LogP contribution is -2.56. The molecule has 50 heavy (non-hydrogen) atoms. The second-order valence-electron chi connectivity index (χ2n) is 13.5. The highest BCUT2D eigenvalue weighted by atomic mass is 35.5. The number of anilines is 2. The van der Waals surface area contributed by atoms with Crippen LogP contribution in [0.25, 0.3) is 0 Å². The molecule has 0 radical (unpaired) electrons. The number of fused-ring (bicyclic) bond motifs is 1. The Bertz CT molecular complexity index is 1570. The third-order valence-corrected chi connectivity index (χ3v) is 10.6. The van der Waals surface area contributed by atoms with E-state index in [0.717, 1.165) is 56.1 Å². The van der Waals surface area contributed by atoms with E-state index in [9.17, 15) is 32.3 Å². The van der Waals surface area contributed by atoms with Crippen molar-refractivity contribution < 1.29 is 32.3 Å². The number of carbonyl (C=O) groups is 4. The molecule has 2 aromatic rings. The Morgan fingerprint density at radius 3 is 2.24 bits per heavy atom. The maximum absolute atomic E-state index is 13.9. The van der Waals surface area contributed by atoms with Gasteiger partial charge in [-0.25, -0.2) is 9.59 Å². The molecule has 3 saturated heterocycles. The van der Waals surface area contributed by atoms with Gasteiger partial charge in [0, 0.05) is 55.5 Å². The fourth-order valence-electron chi connectivity index (χ4n) is 7.58. The van der Waals surface area contributed by atoms with Crippen LogP contribution in [0.4, 0.5) is 34.1 Å². The zero-order chi connectivity index (χ0) is 35.4. The first kappa shape index (κ1) is 35.8. The van der Waals surface area contributed by atoms with Crippen molar-refractivity contribution >= 4 is 46.9 Å². The largest absolute Gasteiger partial charge is 0.418 e. The summed E-state index contributed by atoms with van der Waals surface area (Å²) in [5.41, 5.74) is 0.144. The van der Waals surface area contributed by atoms with Gasteiger partial charge < -0.3 is 35.6 Å². The molecule has 0 spiro atoms. The maximum atomic E-state index is 13.9. The molecule has 0 aromatic heterocycles. The molecule has 15 heteroatoms. The lowest BCUT2D eigenvalue weighted by atomic mass is 9.98. The van der Waals surface area contributed by atoms with E-state index in [1.807, 2.05) is 24.3 Å². The van der Waals surface area contributed by atoms with Crippen LogP contribution in [0.15, 0.2) is 42.5 Å². The summed E-state index contributed by atoms with van der Waals surface area (Å²) in [6, 6.07) is 8.35. The normalized spacial score (nSPS) is 20.2. The van der Waals surface area contributed by atoms with Crippen molar-refractivity contribution in [2.75, 3.05) is 49.9 Å². The molecule has 6 rings (SSSR count). The van der Waals surface area contributed by atoms with Gasteiger partial charge in [-0.1, -0.05) is 36.2 Å². The first-order valence-electron chi connectivity index (χ1n) is 17.4. The number of likely N-dealkylation sites (tertiary alicyclic amines) is 3. The summed E-state index contributed by atoms with van der Waals surface area (Å²) in [6.07, 6.45) is 0.988. The van der Waals surface area contributed by atoms with E-state index in [1.165, 1.54) is 12.5 Å². The fraction of sp³-hybridized carbons (Fsp3) is 0.543. The molecular weight excluding hydrogens is 675 g/mol. The van der Waals surface area contributed by atoms with Crippen molar-refractivity contribution in [1.29, 1.82) is 0 Å². The molecule has 4 aliphatic heterocycles. The number of rotatable bonds is 7. The first-order valence-corrected chi connectivity index (χ1v) is 17.7. The molecule has 3 N–H and O–H groups in total. The van der Waals surface area contributed by atoms with Gasteiger partial charge in [0.2, 0.25) is 11.8 Å². The minimum absolute atomic E-state index is 0.0860. The molecule has 1 atom stereocenters. The van der Waals surface area contributed by atoms with Crippen LogP contribution in [0.2, 0.25) is 5.02 Å². The smallest absolute Gasteiger partial charge is 0.342 e. The van der Waals surface area contributed by atoms with Gasteiger partial charge in [-0.15, -0.1) is 0 Å². The Balaban J connectivity index is 1.10. The fourth-order valence-corrected chi connectivity index (χ4v) is 7.75. The summed E-state index contributed by atoms with van der Waals surface area (Å²) in [7, 11) is 0. The quantitative estimate of drug-likeness (QED) is 0.337. The van der Waals surface area contributed by atoms with Crippen LogP contribution in [0.5, 0.6) is 0 Å². The van der Waals surface area contributed by atoms with Gasteiger partial charge in [0.25, 0.3) is 0 Å². The number of carbonyl (C=O) groups excluding carboxylic acids is 4. The number of nitrogens with one attached hydrogen (secondary N) is 3. The summed E-state index contributed by atoms with van der Waals surface area (Å²) in [6.45, 7) is 4.15. The van der Waals surface area contributed by atoms with Crippen LogP contribution in [0.1, 0.15) is 62.5 Å². The number of para-hydroxylation sites is 1. The Morgan fingerprint density at radius 1 is 0.880 bits per heavy atom. The van der Waals surface area contributed by atoms with E-state index in [-0.39, 0.29) is 29.4 Å². The van der Waals surface area contributed by atoms with E-state index < -0.39 is 35.4 Å². The summed E-state index contributed by atoms with van der Waals surface area (Å²) in [5.74, 6) is -0.808. The van der Waals surface area contributed by atoms with E-state index in [1.54, 1.807) is 14.7 Å². The number of benzene rings is 2. The number of amides is 6. The van der Waals surface area contributed by atoms with Gasteiger partial charge >= 0.3 is 18.2 Å². The number of urea groups is 2. The topological polar surface area (TPSA) is 117 Å². The number of piperidine rings is 3. The van der Waals surface area contributed by atoms with Gasteiger partial charge in [-0.05, 0) is 81.4 Å². The van der Waals surface area contributed by atoms with Crippen molar-refractivity contribution in [2.24, 2.45) is 0 Å². The first-order chi connectivity index (χ1) is 24.0. The van der Waals surface area contributed by atoms with E-state index in [4.69, 9.17) is 11.6 Å². The monoisotopic (exact) mass is 717 g/mol. The zero-order valence-electron chi connectivity index (χ0n) is 27.8. The van der Waals surface area contributed by atoms with Gasteiger partial charge in [-0.3, -0.25) is 9.59 Å². The Labute approximate surface area is 294 Å². The summed E-state index contributed by atoms with van der Waals surface area (Å²) >= 11 is 5.80. The minimum Gasteiger partial charge on any atom is -0.342 e. The molecule has 3 fully saturated rings. The number of hydrogen-bond donors (Lipinski definition) is 3. The van der Waals surface area contributed by atoms with Gasteiger partial charge in [0.15, 0.2) is 0 Å². The van der Waals surface area contributed by atoms with Crippen LogP contribution in [0.3, 0.4) is 0 Å². The highest BCUT2D eigenvalue weighted by Gasteiger charge is 2.38. The second-order valence-corrected chi connectivity index (χ2v) is 14.0. The van der Waals surface area contributed by atoms with Gasteiger partial charge in [-0.2, -0.15) is 13.2 Å². The van der Waals surface area contributed by atoms with E-state index >= 15 is 0 Å². The lowest BCUT2D eigenvalue weighted by molar-refractivity contribution is -0.140. The molecule has 0 aliphatic carbocycles. The Hall–Kier alpha value is -4.04. The summed E-state index contributed by atoms with van der Waals surface area (Å²) < 4.78 is 41.2. The maximum Gasteiger partial charge on any atom is 0.418 e. The van der Waals surface area contributed by atoms with E-state index in [0.29, 0.717) is 57.7 Å². The number of alkyl halides is 3. The van der Waals surface area contributed by atoms with Crippen molar-refractivity contribution in [1.82, 2.24) is 24.9 Å². The van der Waals surface area contributed by atoms with Crippen LogP contribution < -0.4 is 16.0 Å². The third-order valence-electron chi connectivity index (χ3n) is 10.3. The second kappa shape index (κ2) is 15.5. The van der Waals surface area contributed by atoms with Crippen LogP contribution in [-0.2, 0) is 22.3 Å². The Kier molecular flexibility index (Phi) is 11.1. The molecule has 11 nitrogen and oxygen atoms in total. The molecule has 6 amide bonds. The van der Waals surface area contributed by atoms with Crippen molar-refractivity contribution in [3.8, 4) is 0 Å². The number of halogens is 4. The van der Waals surface area contributed by atoms with Crippen LogP contribution in [0, 0.1) is 0 Å². The number of hydrogen-bond acceptors (Lipinski definition) is 5. The predicted molar refractivity (Wildman–Crippen MR) is 183 cm³/mol. The van der Waals surface area contributed by atoms with Crippen molar-refractivity contribution in [3.63, 3.8) is 0 Å². The highest BCUT2D eigenvalue weighted by Crippen LogP contribution is 2.36. The van der Waals surface area contributed by atoms with Gasteiger partial charge in [0.1, 0.15) is 6.04 Å². The molecule has 0 bridgehead atoms. The molecule has 0 saturated carbocycles. The average molecular weight is 718 g/mol. The van der Waals surface area contributed by atoms with Crippen molar-refractivity contribution in [2.45, 2.75) is 82.2 Å². The van der Waals surface area contributed by atoms with Crippen LogP contribution in [-0.4, -0.2) is 101 Å². The SMILES string of the molecule is O=C(Nc1ccc(Cl)cc1C(F)(F)F)N[C@@H](CC(=O)N1CCC(N2Cc3ccccc3NC2=O)CC1)C(=O)N1CCC(N2CCCCC2)CC1. The average Bonchev–Trinajstić information content (AvgIpc) is 3.11. The third kappa shape index (κ3) is 8.45.